The Hall–Kier alpha value is -0.570. The summed E-state index contributed by atoms with van der Waals surface area (Å²) >= 11 is 0. The smallest absolute Gasteiger partial charge is 0.237 e. The largest absolute Gasteiger partial charge is 0.355 e. The quantitative estimate of drug-likeness (QED) is 0.634. The first-order chi connectivity index (χ1) is 6.84. The molecule has 0 aromatic heterocycles. The molecule has 1 aliphatic rings. The van der Waals surface area contributed by atoms with E-state index in [9.17, 15) is 4.79 Å². The van der Waals surface area contributed by atoms with E-state index in [1.165, 1.54) is 19.3 Å². The van der Waals surface area contributed by atoms with Gasteiger partial charge >= 0.3 is 0 Å². The molecule has 2 N–H and O–H groups in total. The van der Waals surface area contributed by atoms with Crippen molar-refractivity contribution < 1.29 is 4.79 Å². The van der Waals surface area contributed by atoms with Gasteiger partial charge in [0.15, 0.2) is 0 Å². The molecule has 0 aromatic carbocycles. The molecule has 1 heterocycles. The van der Waals surface area contributed by atoms with Crippen LogP contribution in [0, 0.1) is 0 Å². The van der Waals surface area contributed by atoms with E-state index in [4.69, 9.17) is 0 Å². The lowest BCUT2D eigenvalue weighted by Gasteiger charge is -2.10. The Balaban J connectivity index is 1.97. The predicted octanol–water partition coefficient (Wildman–Crippen LogP) is 1.43. The standard InChI is InChI=1S/C11H22N2O/c1-2-3-4-5-8-13-11(14)10-7-6-9-12-10/h10,12H,2-9H2,1H3,(H,13,14)/t10-/m1/s1. The average molecular weight is 198 g/mol. The van der Waals surface area contributed by atoms with Crippen molar-refractivity contribution >= 4 is 5.91 Å². The molecule has 14 heavy (non-hydrogen) atoms. The van der Waals surface area contributed by atoms with Crippen LogP contribution in [0.15, 0.2) is 0 Å². The van der Waals surface area contributed by atoms with Crippen molar-refractivity contribution in [1.29, 1.82) is 0 Å². The van der Waals surface area contributed by atoms with Gasteiger partial charge in [-0.2, -0.15) is 0 Å². The highest BCUT2D eigenvalue weighted by Crippen LogP contribution is 2.04. The molecule has 0 aliphatic carbocycles. The summed E-state index contributed by atoms with van der Waals surface area (Å²) in [6.07, 6.45) is 7.01. The van der Waals surface area contributed by atoms with Crippen molar-refractivity contribution in [3.8, 4) is 0 Å². The predicted molar refractivity (Wildman–Crippen MR) is 58.2 cm³/mol. The van der Waals surface area contributed by atoms with Crippen molar-refractivity contribution in [2.24, 2.45) is 0 Å². The number of rotatable bonds is 6. The first kappa shape index (κ1) is 11.5. The molecule has 0 saturated carbocycles. The van der Waals surface area contributed by atoms with Crippen molar-refractivity contribution in [1.82, 2.24) is 10.6 Å². The van der Waals surface area contributed by atoms with Crippen LogP contribution in [0.3, 0.4) is 0 Å². The molecule has 0 spiro atoms. The van der Waals surface area contributed by atoms with Gasteiger partial charge in [-0.3, -0.25) is 4.79 Å². The SMILES string of the molecule is CCCCCCNC(=O)[C@H]1CCCN1. The molecule has 1 atom stereocenters. The van der Waals surface area contributed by atoms with E-state index in [-0.39, 0.29) is 11.9 Å². The van der Waals surface area contributed by atoms with Gasteiger partial charge in [-0.15, -0.1) is 0 Å². The summed E-state index contributed by atoms with van der Waals surface area (Å²) in [7, 11) is 0. The minimum absolute atomic E-state index is 0.0844. The molecule has 0 bridgehead atoms. The second-order valence-corrected chi connectivity index (χ2v) is 4.00. The third-order valence-corrected chi connectivity index (χ3v) is 2.71. The summed E-state index contributed by atoms with van der Waals surface area (Å²) in [5, 5.41) is 6.18. The van der Waals surface area contributed by atoms with Gasteiger partial charge in [-0.1, -0.05) is 26.2 Å². The van der Waals surface area contributed by atoms with Crippen molar-refractivity contribution in [3.05, 3.63) is 0 Å². The molecule has 3 nitrogen and oxygen atoms in total. The van der Waals surface area contributed by atoms with Crippen molar-refractivity contribution in [2.45, 2.75) is 51.5 Å². The molecule has 1 rings (SSSR count). The number of carbonyl (C=O) groups is 1. The monoisotopic (exact) mass is 198 g/mol. The maximum atomic E-state index is 11.5. The van der Waals surface area contributed by atoms with Crippen LogP contribution in [0.5, 0.6) is 0 Å². The molecule has 82 valence electrons. The lowest BCUT2D eigenvalue weighted by atomic mass is 10.2. The highest BCUT2D eigenvalue weighted by Gasteiger charge is 2.20. The normalized spacial score (nSPS) is 21.1. The third-order valence-electron chi connectivity index (χ3n) is 2.71. The first-order valence-corrected chi connectivity index (χ1v) is 5.85. The number of hydrogen-bond donors (Lipinski definition) is 2. The van der Waals surface area contributed by atoms with Gasteiger partial charge in [0.2, 0.25) is 5.91 Å². The van der Waals surface area contributed by atoms with Crippen LogP contribution in [0.2, 0.25) is 0 Å². The van der Waals surface area contributed by atoms with Gasteiger partial charge in [0.25, 0.3) is 0 Å². The fourth-order valence-corrected chi connectivity index (χ4v) is 1.79. The molecule has 0 unspecified atom stereocenters. The average Bonchev–Trinajstić information content (AvgIpc) is 2.70. The number of amides is 1. The van der Waals surface area contributed by atoms with Crippen LogP contribution in [-0.4, -0.2) is 25.0 Å². The molecule has 1 aliphatic heterocycles. The Bertz CT molecular complexity index is 165. The number of hydrogen-bond acceptors (Lipinski definition) is 2. The van der Waals surface area contributed by atoms with Gasteiger partial charge in [-0.25, -0.2) is 0 Å². The molecule has 3 heteroatoms. The molecular weight excluding hydrogens is 176 g/mol. The summed E-state index contributed by atoms with van der Waals surface area (Å²) in [5.74, 6) is 0.194. The van der Waals surface area contributed by atoms with E-state index in [0.717, 1.165) is 32.4 Å². The van der Waals surface area contributed by atoms with Crippen LogP contribution in [0.4, 0.5) is 0 Å². The van der Waals surface area contributed by atoms with Crippen LogP contribution in [0.25, 0.3) is 0 Å². The molecule has 1 amide bonds. The minimum atomic E-state index is 0.0844. The fraction of sp³-hybridized carbons (Fsp3) is 0.909. The maximum Gasteiger partial charge on any atom is 0.237 e. The molecule has 1 saturated heterocycles. The maximum absolute atomic E-state index is 11.5. The number of nitrogens with one attached hydrogen (secondary N) is 2. The second-order valence-electron chi connectivity index (χ2n) is 4.00. The summed E-state index contributed by atoms with van der Waals surface area (Å²) < 4.78 is 0. The summed E-state index contributed by atoms with van der Waals surface area (Å²) in [4.78, 5) is 11.5. The lowest BCUT2D eigenvalue weighted by Crippen LogP contribution is -2.40. The highest BCUT2D eigenvalue weighted by atomic mass is 16.2. The Morgan fingerprint density at radius 2 is 2.29 bits per heavy atom. The van der Waals surface area contributed by atoms with Gasteiger partial charge in [0, 0.05) is 6.54 Å². The van der Waals surface area contributed by atoms with Crippen LogP contribution in [0.1, 0.15) is 45.4 Å². The Morgan fingerprint density at radius 3 is 2.93 bits per heavy atom. The second kappa shape index (κ2) is 6.82. The first-order valence-electron chi connectivity index (χ1n) is 5.85. The Labute approximate surface area is 86.6 Å². The lowest BCUT2D eigenvalue weighted by molar-refractivity contribution is -0.122. The van der Waals surface area contributed by atoms with Crippen LogP contribution in [-0.2, 0) is 4.79 Å². The van der Waals surface area contributed by atoms with E-state index in [1.807, 2.05) is 0 Å². The Kier molecular flexibility index (Phi) is 5.60. The van der Waals surface area contributed by atoms with E-state index < -0.39 is 0 Å². The van der Waals surface area contributed by atoms with Gasteiger partial charge in [0.05, 0.1) is 6.04 Å². The zero-order chi connectivity index (χ0) is 10.2. The third kappa shape index (κ3) is 4.09. The summed E-state index contributed by atoms with van der Waals surface area (Å²) in [6, 6.07) is 0.0844. The summed E-state index contributed by atoms with van der Waals surface area (Å²) in [6.45, 7) is 4.03. The number of carbonyl (C=O) groups excluding carboxylic acids is 1. The molecular formula is C11H22N2O. The van der Waals surface area contributed by atoms with Crippen molar-refractivity contribution in [2.75, 3.05) is 13.1 Å². The zero-order valence-electron chi connectivity index (χ0n) is 9.14. The van der Waals surface area contributed by atoms with Crippen LogP contribution >= 0.6 is 0 Å². The van der Waals surface area contributed by atoms with Crippen LogP contribution < -0.4 is 10.6 Å². The molecule has 1 fully saturated rings. The molecule has 0 radical (unpaired) electrons. The minimum Gasteiger partial charge on any atom is -0.355 e. The van der Waals surface area contributed by atoms with Crippen molar-refractivity contribution in [3.63, 3.8) is 0 Å². The van der Waals surface area contributed by atoms with Gasteiger partial charge in [-0.05, 0) is 25.8 Å². The number of unbranched alkanes of at least 4 members (excludes halogenated alkanes) is 3. The zero-order valence-corrected chi connectivity index (χ0v) is 9.14. The van der Waals surface area contributed by atoms with E-state index in [2.05, 4.69) is 17.6 Å². The topological polar surface area (TPSA) is 41.1 Å². The van der Waals surface area contributed by atoms with Gasteiger partial charge < -0.3 is 10.6 Å². The fourth-order valence-electron chi connectivity index (χ4n) is 1.79. The highest BCUT2D eigenvalue weighted by molar-refractivity contribution is 5.81. The van der Waals surface area contributed by atoms with E-state index >= 15 is 0 Å². The molecule has 0 aromatic rings. The van der Waals surface area contributed by atoms with E-state index in [1.54, 1.807) is 0 Å². The summed E-state index contributed by atoms with van der Waals surface area (Å²) in [5.41, 5.74) is 0. The Morgan fingerprint density at radius 1 is 1.43 bits per heavy atom. The van der Waals surface area contributed by atoms with E-state index in [0.29, 0.717) is 0 Å². The van der Waals surface area contributed by atoms with Gasteiger partial charge in [0.1, 0.15) is 0 Å².